The Morgan fingerprint density at radius 1 is 1.16 bits per heavy atom. The third-order valence-corrected chi connectivity index (χ3v) is 11.4. The molecule has 0 aliphatic carbocycles. The fourth-order valence-corrected chi connectivity index (χ4v) is 10.3. The van der Waals surface area contributed by atoms with Gasteiger partial charge in [-0.3, -0.25) is 14.4 Å². The second kappa shape index (κ2) is 13.8. The van der Waals surface area contributed by atoms with E-state index in [2.05, 4.69) is 47.8 Å². The Kier molecular flexibility index (Phi) is 10.8. The summed E-state index contributed by atoms with van der Waals surface area (Å²) in [5.74, 6) is -1.95. The van der Waals surface area contributed by atoms with E-state index in [0.717, 1.165) is 37.7 Å². The lowest BCUT2D eigenvalue weighted by molar-refractivity contribution is -0.154. The van der Waals surface area contributed by atoms with Crippen molar-refractivity contribution >= 4 is 29.5 Å². The molecule has 2 bridgehead atoms. The molecule has 3 heterocycles. The maximum atomic E-state index is 15.0. The van der Waals surface area contributed by atoms with E-state index >= 15 is 4.79 Å². The number of carbonyl (C=O) groups is 3. The molecule has 1 aromatic carbocycles. The molecule has 0 aromatic heterocycles. The van der Waals surface area contributed by atoms with Crippen LogP contribution in [0, 0.1) is 17.3 Å². The number of esters is 1. The number of hydrogen-bond acceptors (Lipinski definition) is 6. The second-order valence-electron chi connectivity index (χ2n) is 14.6. The van der Waals surface area contributed by atoms with E-state index in [-0.39, 0.29) is 35.1 Å². The van der Waals surface area contributed by atoms with Gasteiger partial charge in [-0.2, -0.15) is 0 Å². The van der Waals surface area contributed by atoms with Crippen LogP contribution in [0.5, 0.6) is 0 Å². The van der Waals surface area contributed by atoms with Crippen molar-refractivity contribution in [3.8, 4) is 0 Å². The number of carbonyl (C=O) groups excluding carboxylic acids is 3. The fourth-order valence-electron chi connectivity index (χ4n) is 8.13. The lowest BCUT2D eigenvalue weighted by Crippen LogP contribution is -2.61. The number of hydrogen-bond donors (Lipinski definition) is 1. The predicted molar refractivity (Wildman–Crippen MR) is 177 cm³/mol. The molecule has 3 aliphatic heterocycles. The molecule has 6 atom stereocenters. The lowest BCUT2D eigenvalue weighted by Gasteiger charge is -2.46. The highest BCUT2D eigenvalue weighted by Gasteiger charge is 2.75. The zero-order chi connectivity index (χ0) is 32.3. The Labute approximate surface area is 268 Å². The van der Waals surface area contributed by atoms with Crippen molar-refractivity contribution in [2.75, 3.05) is 19.8 Å². The van der Waals surface area contributed by atoms with Crippen LogP contribution in [0.2, 0.25) is 0 Å². The number of aliphatic hydroxyl groups excluding tert-OH is 1. The van der Waals surface area contributed by atoms with E-state index in [1.165, 1.54) is 0 Å². The number of thioether (sulfide) groups is 1. The predicted octanol–water partition coefficient (Wildman–Crippen LogP) is 5.81. The number of benzene rings is 1. The number of allylic oxidation sites excluding steroid dienone is 1. The Bertz CT molecular complexity index is 1210. The van der Waals surface area contributed by atoms with Crippen LogP contribution in [0.3, 0.4) is 0 Å². The minimum atomic E-state index is -0.805. The summed E-state index contributed by atoms with van der Waals surface area (Å²) in [4.78, 5) is 46.9. The number of nitrogens with zero attached hydrogens (tertiary/aromatic N) is 2. The van der Waals surface area contributed by atoms with Gasteiger partial charge >= 0.3 is 5.97 Å². The molecule has 3 saturated heterocycles. The Balaban J connectivity index is 1.74. The summed E-state index contributed by atoms with van der Waals surface area (Å²) in [6.07, 6.45) is 8.66. The average molecular weight is 625 g/mol. The molecular formula is C36H52N2O5S. The molecule has 7 nitrogen and oxygen atoms in total. The number of amides is 2. The minimum Gasteiger partial charge on any atom is -0.465 e. The summed E-state index contributed by atoms with van der Waals surface area (Å²) < 4.78 is 5.01. The summed E-state index contributed by atoms with van der Waals surface area (Å²) in [6.45, 7) is 18.7. The van der Waals surface area contributed by atoms with E-state index in [0.29, 0.717) is 26.0 Å². The lowest BCUT2D eigenvalue weighted by atomic mass is 9.71. The van der Waals surface area contributed by atoms with Gasteiger partial charge in [0.1, 0.15) is 6.04 Å². The van der Waals surface area contributed by atoms with Gasteiger partial charge in [-0.15, -0.1) is 24.9 Å². The van der Waals surface area contributed by atoms with Crippen molar-refractivity contribution in [3.05, 3.63) is 61.2 Å². The fraction of sp³-hybridized carbons (Fsp3) is 0.639. The van der Waals surface area contributed by atoms with E-state index in [1.54, 1.807) is 22.7 Å². The van der Waals surface area contributed by atoms with Gasteiger partial charge in [-0.25, -0.2) is 0 Å². The molecule has 44 heavy (non-hydrogen) atoms. The SMILES string of the molecule is C=CCCCCOC(=O)[C@@H]1[C@@H]2CCC3(S2)C(C(=O)N(CC=C)C(C)(C)CC(C)(C)C)N([C@@H](CO)Cc2ccccc2)C(=O)[C@H]13. The van der Waals surface area contributed by atoms with Crippen molar-refractivity contribution in [1.29, 1.82) is 0 Å². The number of ether oxygens (including phenoxy) is 1. The zero-order valence-corrected chi connectivity index (χ0v) is 28.1. The van der Waals surface area contributed by atoms with Crippen LogP contribution in [0.1, 0.15) is 78.7 Å². The molecule has 1 aromatic rings. The van der Waals surface area contributed by atoms with Crippen LogP contribution in [0.4, 0.5) is 0 Å². The first-order chi connectivity index (χ1) is 20.8. The largest absolute Gasteiger partial charge is 0.465 e. The number of unbranched alkanes of at least 4 members (excludes halogenated alkanes) is 2. The van der Waals surface area contributed by atoms with Gasteiger partial charge < -0.3 is 19.6 Å². The van der Waals surface area contributed by atoms with Crippen LogP contribution in [0.25, 0.3) is 0 Å². The number of likely N-dealkylation sites (tertiary alicyclic amines) is 1. The molecule has 3 fully saturated rings. The molecule has 3 aliphatic rings. The summed E-state index contributed by atoms with van der Waals surface area (Å²) in [6, 6.07) is 8.34. The smallest absolute Gasteiger partial charge is 0.310 e. The number of rotatable bonds is 15. The first kappa shape index (κ1) is 34.3. The van der Waals surface area contributed by atoms with Crippen LogP contribution >= 0.6 is 11.8 Å². The van der Waals surface area contributed by atoms with Crippen molar-refractivity contribution in [2.24, 2.45) is 17.3 Å². The first-order valence-electron chi connectivity index (χ1n) is 16.2. The maximum absolute atomic E-state index is 15.0. The third kappa shape index (κ3) is 6.81. The van der Waals surface area contributed by atoms with E-state index in [9.17, 15) is 14.7 Å². The normalized spacial score (nSPS) is 26.8. The van der Waals surface area contributed by atoms with E-state index in [4.69, 9.17) is 4.74 Å². The molecule has 1 spiro atoms. The molecular weight excluding hydrogens is 572 g/mol. The van der Waals surface area contributed by atoms with Crippen LogP contribution in [-0.2, 0) is 25.5 Å². The van der Waals surface area contributed by atoms with Crippen LogP contribution in [0.15, 0.2) is 55.6 Å². The molecule has 2 amide bonds. The van der Waals surface area contributed by atoms with Gasteiger partial charge in [0.15, 0.2) is 0 Å². The van der Waals surface area contributed by atoms with E-state index in [1.807, 2.05) is 41.3 Å². The van der Waals surface area contributed by atoms with Gasteiger partial charge in [-0.1, -0.05) is 63.3 Å². The van der Waals surface area contributed by atoms with Crippen molar-refractivity contribution in [2.45, 2.75) is 107 Å². The Morgan fingerprint density at radius 2 is 1.86 bits per heavy atom. The number of aliphatic hydroxyl groups is 1. The summed E-state index contributed by atoms with van der Waals surface area (Å²) in [5, 5.41) is 10.7. The molecule has 2 unspecified atom stereocenters. The minimum absolute atomic E-state index is 0.0444. The highest BCUT2D eigenvalue weighted by atomic mass is 32.2. The van der Waals surface area contributed by atoms with Crippen LogP contribution < -0.4 is 0 Å². The Morgan fingerprint density at radius 3 is 2.48 bits per heavy atom. The van der Waals surface area contributed by atoms with E-state index < -0.39 is 34.2 Å². The standard InChI is InChI=1S/C36H52N2O5S/c1-8-10-11-15-21-43-33(42)28-27-18-19-36(44-27)29(28)31(40)38(26(23-39)22-25-16-13-12-14-17-25)30(36)32(41)37(20-9-2)35(6,7)24-34(3,4)5/h8-9,12-14,16-17,26-30,39H,1-2,10-11,15,18-24H2,3-7H3/t26-,27+,28-,29+,30?,36?/m1/s1. The van der Waals surface area contributed by atoms with Gasteiger partial charge in [0.05, 0.1) is 35.8 Å². The molecule has 0 radical (unpaired) electrons. The first-order valence-corrected chi connectivity index (χ1v) is 17.0. The number of fused-ring (bicyclic) bond motifs is 1. The highest BCUT2D eigenvalue weighted by molar-refractivity contribution is 8.02. The quantitative estimate of drug-likeness (QED) is 0.151. The van der Waals surface area contributed by atoms with Crippen molar-refractivity contribution in [3.63, 3.8) is 0 Å². The summed E-state index contributed by atoms with van der Waals surface area (Å²) >= 11 is 1.64. The van der Waals surface area contributed by atoms with Crippen molar-refractivity contribution < 1.29 is 24.2 Å². The third-order valence-electron chi connectivity index (χ3n) is 9.48. The van der Waals surface area contributed by atoms with Gasteiger partial charge in [-0.05, 0) is 69.8 Å². The second-order valence-corrected chi connectivity index (χ2v) is 16.2. The maximum Gasteiger partial charge on any atom is 0.310 e. The van der Waals surface area contributed by atoms with Gasteiger partial charge in [0.25, 0.3) is 0 Å². The van der Waals surface area contributed by atoms with Crippen LogP contribution in [-0.4, -0.2) is 80.1 Å². The average Bonchev–Trinajstić information content (AvgIpc) is 3.60. The summed E-state index contributed by atoms with van der Waals surface area (Å²) in [7, 11) is 0. The molecule has 0 saturated carbocycles. The molecule has 242 valence electrons. The highest BCUT2D eigenvalue weighted by Crippen LogP contribution is 2.67. The molecule has 1 N–H and O–H groups in total. The topological polar surface area (TPSA) is 87.2 Å². The Hall–Kier alpha value is -2.58. The van der Waals surface area contributed by atoms with Gasteiger partial charge in [0.2, 0.25) is 11.8 Å². The monoisotopic (exact) mass is 624 g/mol. The van der Waals surface area contributed by atoms with Crippen molar-refractivity contribution in [1.82, 2.24) is 9.80 Å². The summed E-state index contributed by atoms with van der Waals surface area (Å²) in [5.41, 5.74) is 0.409. The van der Waals surface area contributed by atoms with Gasteiger partial charge in [0, 0.05) is 17.3 Å². The molecule has 4 rings (SSSR count). The molecule has 8 heteroatoms. The zero-order valence-electron chi connectivity index (χ0n) is 27.3.